The Morgan fingerprint density at radius 1 is 1.40 bits per heavy atom. The summed E-state index contributed by atoms with van der Waals surface area (Å²) < 4.78 is 0. The molecule has 4 heteroatoms. The van der Waals surface area contributed by atoms with Gasteiger partial charge in [-0.1, -0.05) is 29.3 Å². The lowest BCUT2D eigenvalue weighted by Gasteiger charge is -2.09. The van der Waals surface area contributed by atoms with Gasteiger partial charge in [0, 0.05) is 15.8 Å². The van der Waals surface area contributed by atoms with Crippen LogP contribution < -0.4 is 0 Å². The first-order valence-electron chi connectivity index (χ1n) is 4.57. The van der Waals surface area contributed by atoms with Crippen LogP contribution in [-0.4, -0.2) is 11.0 Å². The summed E-state index contributed by atoms with van der Waals surface area (Å²) in [5, 5.41) is 1.30. The van der Waals surface area contributed by atoms with Crippen LogP contribution in [0.3, 0.4) is 0 Å². The van der Waals surface area contributed by atoms with Crippen molar-refractivity contribution in [1.29, 1.82) is 0 Å². The van der Waals surface area contributed by atoms with Gasteiger partial charge in [-0.3, -0.25) is 4.79 Å². The third-order valence-corrected chi connectivity index (χ3v) is 4.11. The van der Waals surface area contributed by atoms with Gasteiger partial charge >= 0.3 is 0 Å². The Balaban J connectivity index is 2.69. The molecule has 0 bridgehead atoms. The quantitative estimate of drug-likeness (QED) is 0.809. The van der Waals surface area contributed by atoms with E-state index in [1.807, 2.05) is 25.1 Å². The van der Waals surface area contributed by atoms with Crippen LogP contribution in [-0.2, 0) is 10.5 Å². The van der Waals surface area contributed by atoms with Gasteiger partial charge in [-0.25, -0.2) is 0 Å². The normalized spacial score (nSPS) is 12.5. The molecule has 0 saturated carbocycles. The van der Waals surface area contributed by atoms with Crippen LogP contribution in [0.5, 0.6) is 0 Å². The largest absolute Gasteiger partial charge is 0.299 e. The van der Waals surface area contributed by atoms with E-state index >= 15 is 0 Å². The Morgan fingerprint density at radius 2 is 1.93 bits per heavy atom. The number of ketones is 1. The molecule has 1 unspecified atom stereocenters. The van der Waals surface area contributed by atoms with E-state index < -0.39 is 0 Å². The first-order valence-corrected chi connectivity index (χ1v) is 6.37. The number of benzene rings is 1. The Hall–Kier alpha value is -0.180. The molecule has 0 amide bonds. The molecule has 0 heterocycles. The molecule has 0 spiro atoms. The highest BCUT2D eigenvalue weighted by Crippen LogP contribution is 2.29. The minimum absolute atomic E-state index is 0.0164. The smallest absolute Gasteiger partial charge is 0.142 e. The number of hydrogen-bond acceptors (Lipinski definition) is 2. The molecular weight excluding hydrogens is 251 g/mol. The van der Waals surface area contributed by atoms with E-state index in [-0.39, 0.29) is 11.0 Å². The van der Waals surface area contributed by atoms with Crippen LogP contribution >= 0.6 is 35.0 Å². The van der Waals surface area contributed by atoms with Gasteiger partial charge in [-0.05, 0) is 31.5 Å². The number of Topliss-reactive ketones (excluding diaryl/α,β-unsaturated/α-hetero) is 1. The number of hydrogen-bond donors (Lipinski definition) is 0. The molecule has 0 aliphatic rings. The second-order valence-corrected chi connectivity index (χ2v) is 5.41. The molecule has 1 nitrogen and oxygen atoms in total. The van der Waals surface area contributed by atoms with Crippen molar-refractivity contribution in [3.05, 3.63) is 33.8 Å². The fourth-order valence-corrected chi connectivity index (χ4v) is 2.65. The number of halogens is 2. The Labute approximate surface area is 104 Å². The van der Waals surface area contributed by atoms with Crippen LogP contribution in [0.2, 0.25) is 10.0 Å². The highest BCUT2D eigenvalue weighted by molar-refractivity contribution is 7.99. The molecule has 82 valence electrons. The number of carbonyl (C=O) groups excluding carboxylic acids is 1. The summed E-state index contributed by atoms with van der Waals surface area (Å²) >= 11 is 13.6. The SMILES string of the molecule is CC(=O)C(C)SCc1c(Cl)cccc1Cl. The fourth-order valence-electron chi connectivity index (χ4n) is 0.996. The molecule has 0 N–H and O–H groups in total. The molecular formula is C11H12Cl2OS. The van der Waals surface area contributed by atoms with Crippen molar-refractivity contribution < 1.29 is 4.79 Å². The molecule has 1 aromatic rings. The first-order chi connectivity index (χ1) is 7.02. The monoisotopic (exact) mass is 262 g/mol. The van der Waals surface area contributed by atoms with E-state index in [0.717, 1.165) is 5.56 Å². The van der Waals surface area contributed by atoms with Gasteiger partial charge in [-0.15, -0.1) is 11.8 Å². The van der Waals surface area contributed by atoms with Crippen molar-refractivity contribution >= 4 is 40.7 Å². The average Bonchev–Trinajstić information content (AvgIpc) is 2.16. The van der Waals surface area contributed by atoms with Gasteiger partial charge < -0.3 is 0 Å². The van der Waals surface area contributed by atoms with E-state index in [1.54, 1.807) is 18.7 Å². The third kappa shape index (κ3) is 3.71. The second-order valence-electron chi connectivity index (χ2n) is 3.26. The molecule has 0 radical (unpaired) electrons. The van der Waals surface area contributed by atoms with Gasteiger partial charge in [0.1, 0.15) is 5.78 Å². The lowest BCUT2D eigenvalue weighted by molar-refractivity contribution is -0.116. The summed E-state index contributed by atoms with van der Waals surface area (Å²) in [6.07, 6.45) is 0. The highest BCUT2D eigenvalue weighted by atomic mass is 35.5. The molecule has 0 aliphatic heterocycles. The van der Waals surface area contributed by atoms with E-state index in [4.69, 9.17) is 23.2 Å². The Kier molecular flexibility index (Phi) is 4.97. The summed E-state index contributed by atoms with van der Waals surface area (Å²) in [7, 11) is 0. The van der Waals surface area contributed by atoms with Crippen molar-refractivity contribution in [2.75, 3.05) is 0 Å². The molecule has 0 aromatic heterocycles. The van der Waals surface area contributed by atoms with Crippen molar-refractivity contribution in [2.45, 2.75) is 24.9 Å². The minimum atomic E-state index is -0.0164. The molecule has 1 aromatic carbocycles. The number of rotatable bonds is 4. The minimum Gasteiger partial charge on any atom is -0.299 e. The van der Waals surface area contributed by atoms with E-state index in [2.05, 4.69) is 0 Å². The van der Waals surface area contributed by atoms with E-state index in [1.165, 1.54) is 0 Å². The summed E-state index contributed by atoms with van der Waals surface area (Å²) in [6, 6.07) is 5.43. The summed E-state index contributed by atoms with van der Waals surface area (Å²) in [5.74, 6) is 0.836. The van der Waals surface area contributed by atoms with E-state index in [0.29, 0.717) is 15.8 Å². The first kappa shape index (κ1) is 12.9. The van der Waals surface area contributed by atoms with Crippen molar-refractivity contribution in [3.63, 3.8) is 0 Å². The lowest BCUT2D eigenvalue weighted by atomic mass is 10.2. The summed E-state index contributed by atoms with van der Waals surface area (Å²) in [6.45, 7) is 3.48. The predicted molar refractivity (Wildman–Crippen MR) is 67.9 cm³/mol. The zero-order chi connectivity index (χ0) is 11.4. The number of thioether (sulfide) groups is 1. The average molecular weight is 263 g/mol. The van der Waals surface area contributed by atoms with Gasteiger partial charge in [0.25, 0.3) is 0 Å². The molecule has 0 fully saturated rings. The van der Waals surface area contributed by atoms with Crippen LogP contribution in [0, 0.1) is 0 Å². The topological polar surface area (TPSA) is 17.1 Å². The maximum atomic E-state index is 11.0. The Morgan fingerprint density at radius 3 is 2.40 bits per heavy atom. The maximum absolute atomic E-state index is 11.0. The van der Waals surface area contributed by atoms with Gasteiger partial charge in [0.15, 0.2) is 0 Å². The molecule has 1 atom stereocenters. The van der Waals surface area contributed by atoms with Crippen molar-refractivity contribution in [1.82, 2.24) is 0 Å². The van der Waals surface area contributed by atoms with Crippen LogP contribution in [0.4, 0.5) is 0 Å². The van der Waals surface area contributed by atoms with Crippen molar-refractivity contribution in [3.8, 4) is 0 Å². The van der Waals surface area contributed by atoms with Gasteiger partial charge in [0.05, 0.1) is 5.25 Å². The molecule has 15 heavy (non-hydrogen) atoms. The molecule has 0 aliphatic carbocycles. The molecule has 0 saturated heterocycles. The van der Waals surface area contributed by atoms with Crippen LogP contribution in [0.25, 0.3) is 0 Å². The van der Waals surface area contributed by atoms with Crippen molar-refractivity contribution in [2.24, 2.45) is 0 Å². The van der Waals surface area contributed by atoms with Gasteiger partial charge in [0.2, 0.25) is 0 Å². The maximum Gasteiger partial charge on any atom is 0.142 e. The Bertz CT molecular complexity index is 345. The second kappa shape index (κ2) is 5.78. The van der Waals surface area contributed by atoms with Gasteiger partial charge in [-0.2, -0.15) is 0 Å². The predicted octanol–water partition coefficient (Wildman–Crippen LogP) is 4.20. The number of carbonyl (C=O) groups is 1. The third-order valence-electron chi connectivity index (χ3n) is 2.11. The lowest BCUT2D eigenvalue weighted by Crippen LogP contribution is -2.08. The zero-order valence-electron chi connectivity index (χ0n) is 8.59. The summed E-state index contributed by atoms with van der Waals surface area (Å²) in [4.78, 5) is 11.0. The highest BCUT2D eigenvalue weighted by Gasteiger charge is 2.11. The summed E-state index contributed by atoms with van der Waals surface area (Å²) in [5.41, 5.74) is 0.902. The zero-order valence-corrected chi connectivity index (χ0v) is 10.9. The van der Waals surface area contributed by atoms with E-state index in [9.17, 15) is 4.79 Å². The standard InChI is InChI=1S/C11H12Cl2OS/c1-7(14)8(2)15-6-9-10(12)4-3-5-11(9)13/h3-5,8H,6H2,1-2H3. The van der Waals surface area contributed by atoms with Crippen LogP contribution in [0.15, 0.2) is 18.2 Å². The fraction of sp³-hybridized carbons (Fsp3) is 0.364. The molecule has 1 rings (SSSR count). The van der Waals surface area contributed by atoms with Crippen LogP contribution in [0.1, 0.15) is 19.4 Å².